The Bertz CT molecular complexity index is 1060. The standard InChI is InChI=1S/C23H25N5O3/c29-21-15-28(14-17(21)11-16-5-6-24-20-4-2-1-3-19(16)20)22(30)18-12-25-23(26-13-18)27-7-9-31-10-8-27/h1-6,12-13,17,21,29H,7-11,14-15H2/t17-,21+/m1/s1. The van der Waals surface area contributed by atoms with Crippen LogP contribution in [-0.4, -0.2) is 76.4 Å². The van der Waals surface area contributed by atoms with Gasteiger partial charge in [-0.05, 0) is 24.1 Å². The Kier molecular flexibility index (Phi) is 5.48. The topological polar surface area (TPSA) is 91.7 Å². The van der Waals surface area contributed by atoms with E-state index in [1.807, 2.05) is 29.2 Å². The van der Waals surface area contributed by atoms with E-state index in [0.717, 1.165) is 29.6 Å². The molecule has 31 heavy (non-hydrogen) atoms. The Labute approximate surface area is 180 Å². The molecule has 0 spiro atoms. The third-order valence-corrected chi connectivity index (χ3v) is 6.09. The molecule has 4 heterocycles. The number of rotatable bonds is 4. The van der Waals surface area contributed by atoms with Crippen molar-refractivity contribution in [1.29, 1.82) is 0 Å². The van der Waals surface area contributed by atoms with Crippen LogP contribution in [0.25, 0.3) is 10.9 Å². The molecular formula is C23H25N5O3. The highest BCUT2D eigenvalue weighted by Gasteiger charge is 2.35. The number of para-hydroxylation sites is 1. The summed E-state index contributed by atoms with van der Waals surface area (Å²) in [6.45, 7) is 3.63. The number of β-amino-alcohol motifs (C(OH)–C–C–N with tert-alkyl or cyclic N) is 1. The summed E-state index contributed by atoms with van der Waals surface area (Å²) in [6, 6.07) is 10.00. The fraction of sp³-hybridized carbons (Fsp3) is 0.391. The number of amides is 1. The molecule has 0 aliphatic carbocycles. The van der Waals surface area contributed by atoms with Gasteiger partial charge in [0.1, 0.15) is 0 Å². The second-order valence-corrected chi connectivity index (χ2v) is 8.10. The average Bonchev–Trinajstić information content (AvgIpc) is 3.19. The third kappa shape index (κ3) is 4.08. The Hall–Kier alpha value is -3.10. The number of nitrogens with zero attached hydrogens (tertiary/aromatic N) is 5. The summed E-state index contributed by atoms with van der Waals surface area (Å²) < 4.78 is 5.35. The fourth-order valence-electron chi connectivity index (χ4n) is 4.38. The highest BCUT2D eigenvalue weighted by atomic mass is 16.5. The van der Waals surface area contributed by atoms with Gasteiger partial charge in [-0.1, -0.05) is 18.2 Å². The van der Waals surface area contributed by atoms with Crippen molar-refractivity contribution in [2.75, 3.05) is 44.3 Å². The number of morpholine rings is 1. The van der Waals surface area contributed by atoms with Gasteiger partial charge in [0.15, 0.2) is 0 Å². The number of hydrogen-bond acceptors (Lipinski definition) is 7. The van der Waals surface area contributed by atoms with Crippen LogP contribution in [0.15, 0.2) is 48.9 Å². The minimum Gasteiger partial charge on any atom is -0.391 e. The van der Waals surface area contributed by atoms with Crippen molar-refractivity contribution in [2.24, 2.45) is 5.92 Å². The first-order valence-electron chi connectivity index (χ1n) is 10.6. The van der Waals surface area contributed by atoms with E-state index >= 15 is 0 Å². The van der Waals surface area contributed by atoms with Gasteiger partial charge in [-0.2, -0.15) is 0 Å². The Morgan fingerprint density at radius 2 is 1.84 bits per heavy atom. The Balaban J connectivity index is 1.27. The number of aliphatic hydroxyl groups is 1. The van der Waals surface area contributed by atoms with Crippen molar-refractivity contribution < 1.29 is 14.6 Å². The van der Waals surface area contributed by atoms with Crippen molar-refractivity contribution in [1.82, 2.24) is 19.9 Å². The van der Waals surface area contributed by atoms with Crippen molar-refractivity contribution >= 4 is 22.8 Å². The van der Waals surface area contributed by atoms with Crippen LogP contribution in [0.5, 0.6) is 0 Å². The molecule has 2 aliphatic rings. The zero-order valence-electron chi connectivity index (χ0n) is 17.2. The molecule has 0 saturated carbocycles. The smallest absolute Gasteiger partial charge is 0.257 e. The molecule has 1 N–H and O–H groups in total. The van der Waals surface area contributed by atoms with Gasteiger partial charge < -0.3 is 19.6 Å². The fourth-order valence-corrected chi connectivity index (χ4v) is 4.38. The maximum atomic E-state index is 13.0. The molecule has 1 amide bonds. The molecule has 1 aromatic carbocycles. The first-order chi connectivity index (χ1) is 15.2. The van der Waals surface area contributed by atoms with Gasteiger partial charge in [0.2, 0.25) is 5.95 Å². The van der Waals surface area contributed by atoms with Gasteiger partial charge >= 0.3 is 0 Å². The quantitative estimate of drug-likeness (QED) is 0.686. The summed E-state index contributed by atoms with van der Waals surface area (Å²) in [5.41, 5.74) is 2.53. The molecular weight excluding hydrogens is 394 g/mol. The summed E-state index contributed by atoms with van der Waals surface area (Å²) in [5.74, 6) is 0.446. The van der Waals surface area contributed by atoms with Crippen molar-refractivity contribution in [3.05, 3.63) is 60.0 Å². The van der Waals surface area contributed by atoms with Crippen LogP contribution in [-0.2, 0) is 11.2 Å². The lowest BCUT2D eigenvalue weighted by molar-refractivity contribution is 0.0763. The normalized spacial score (nSPS) is 21.6. The number of benzene rings is 1. The van der Waals surface area contributed by atoms with Crippen LogP contribution in [0.3, 0.4) is 0 Å². The first kappa shape index (κ1) is 19.8. The number of carbonyl (C=O) groups excluding carboxylic acids is 1. The highest BCUT2D eigenvalue weighted by molar-refractivity contribution is 5.94. The minimum absolute atomic E-state index is 0.0247. The Morgan fingerprint density at radius 3 is 2.65 bits per heavy atom. The maximum absolute atomic E-state index is 13.0. The molecule has 3 aromatic rings. The summed E-state index contributed by atoms with van der Waals surface area (Å²) in [7, 11) is 0. The van der Waals surface area contributed by atoms with Gasteiger partial charge in [-0.15, -0.1) is 0 Å². The molecule has 2 aromatic heterocycles. The SMILES string of the molecule is O=C(c1cnc(N2CCOCC2)nc1)N1C[C@@H](Cc2ccnc3ccccc23)[C@@H](O)C1. The molecule has 2 atom stereocenters. The van der Waals surface area contributed by atoms with E-state index in [4.69, 9.17) is 4.74 Å². The third-order valence-electron chi connectivity index (χ3n) is 6.09. The second-order valence-electron chi connectivity index (χ2n) is 8.10. The van der Waals surface area contributed by atoms with E-state index in [1.165, 1.54) is 0 Å². The second kappa shape index (κ2) is 8.56. The van der Waals surface area contributed by atoms with E-state index in [0.29, 0.717) is 44.2 Å². The largest absolute Gasteiger partial charge is 0.391 e. The summed E-state index contributed by atoms with van der Waals surface area (Å²) in [5, 5.41) is 11.7. The van der Waals surface area contributed by atoms with Gasteiger partial charge in [-0.25, -0.2) is 9.97 Å². The number of fused-ring (bicyclic) bond motifs is 1. The number of anilines is 1. The zero-order chi connectivity index (χ0) is 21.2. The van der Waals surface area contributed by atoms with E-state index in [9.17, 15) is 9.90 Å². The molecule has 8 nitrogen and oxygen atoms in total. The lowest BCUT2D eigenvalue weighted by Crippen LogP contribution is -2.37. The van der Waals surface area contributed by atoms with E-state index in [2.05, 4.69) is 21.0 Å². The van der Waals surface area contributed by atoms with E-state index < -0.39 is 6.10 Å². The molecule has 160 valence electrons. The molecule has 0 bridgehead atoms. The lowest BCUT2D eigenvalue weighted by Gasteiger charge is -2.26. The monoisotopic (exact) mass is 419 g/mol. The van der Waals surface area contributed by atoms with E-state index in [-0.39, 0.29) is 11.8 Å². The van der Waals surface area contributed by atoms with Gasteiger partial charge in [0, 0.05) is 56.1 Å². The highest BCUT2D eigenvalue weighted by Crippen LogP contribution is 2.26. The molecule has 8 heteroatoms. The average molecular weight is 419 g/mol. The van der Waals surface area contributed by atoms with Crippen molar-refractivity contribution in [2.45, 2.75) is 12.5 Å². The van der Waals surface area contributed by atoms with Crippen molar-refractivity contribution in [3.8, 4) is 0 Å². The van der Waals surface area contributed by atoms with Crippen LogP contribution >= 0.6 is 0 Å². The lowest BCUT2D eigenvalue weighted by atomic mass is 9.94. The van der Waals surface area contributed by atoms with Crippen LogP contribution in [0.1, 0.15) is 15.9 Å². The number of aliphatic hydroxyl groups excluding tert-OH is 1. The van der Waals surface area contributed by atoms with Crippen LogP contribution in [0.2, 0.25) is 0 Å². The summed E-state index contributed by atoms with van der Waals surface area (Å²) >= 11 is 0. The Morgan fingerprint density at radius 1 is 1.06 bits per heavy atom. The molecule has 0 radical (unpaired) electrons. The molecule has 0 unspecified atom stereocenters. The maximum Gasteiger partial charge on any atom is 0.257 e. The number of aromatic nitrogens is 3. The summed E-state index contributed by atoms with van der Waals surface area (Å²) in [4.78, 5) is 29.9. The number of carbonyl (C=O) groups is 1. The molecule has 2 saturated heterocycles. The number of ether oxygens (including phenoxy) is 1. The van der Waals surface area contributed by atoms with Crippen LogP contribution in [0.4, 0.5) is 5.95 Å². The molecule has 2 aliphatic heterocycles. The minimum atomic E-state index is -0.565. The van der Waals surface area contributed by atoms with Crippen molar-refractivity contribution in [3.63, 3.8) is 0 Å². The summed E-state index contributed by atoms with van der Waals surface area (Å²) in [6.07, 6.45) is 5.09. The number of likely N-dealkylation sites (tertiary alicyclic amines) is 1. The van der Waals surface area contributed by atoms with E-state index in [1.54, 1.807) is 23.5 Å². The van der Waals surface area contributed by atoms with Gasteiger partial charge in [-0.3, -0.25) is 9.78 Å². The predicted molar refractivity (Wildman–Crippen MR) is 116 cm³/mol. The number of pyridine rings is 1. The first-order valence-corrected chi connectivity index (χ1v) is 10.6. The number of hydrogen-bond donors (Lipinski definition) is 1. The van der Waals surface area contributed by atoms with Crippen LogP contribution in [0, 0.1) is 5.92 Å². The van der Waals surface area contributed by atoms with Crippen LogP contribution < -0.4 is 4.90 Å². The molecule has 5 rings (SSSR count). The zero-order valence-corrected chi connectivity index (χ0v) is 17.2. The predicted octanol–water partition coefficient (Wildman–Crippen LogP) is 1.54. The molecule has 2 fully saturated rings. The van der Waals surface area contributed by atoms with Gasteiger partial charge in [0.05, 0.1) is 30.4 Å². The van der Waals surface area contributed by atoms with Gasteiger partial charge in [0.25, 0.3) is 5.91 Å².